The quantitative estimate of drug-likeness (QED) is 0.823. The van der Waals surface area contributed by atoms with E-state index in [1.807, 2.05) is 6.92 Å². The molecule has 1 aliphatic rings. The second kappa shape index (κ2) is 5.77. The Balaban J connectivity index is 2.06. The van der Waals surface area contributed by atoms with E-state index in [1.54, 1.807) is 24.3 Å². The summed E-state index contributed by atoms with van der Waals surface area (Å²) in [4.78, 5) is 12.3. The average molecular weight is 310 g/mol. The van der Waals surface area contributed by atoms with E-state index < -0.39 is 9.84 Å². The molecule has 0 radical (unpaired) electrons. The molecule has 1 aromatic carbocycles. The first-order valence-corrected chi connectivity index (χ1v) is 9.09. The zero-order chi connectivity index (χ0) is 15.7. The molecule has 1 aliphatic carbocycles. The minimum absolute atomic E-state index is 0.0164. The molecular formula is C15H22N2O3S. The van der Waals surface area contributed by atoms with Crippen LogP contribution in [0, 0.1) is 5.92 Å². The number of amides is 1. The van der Waals surface area contributed by atoms with Gasteiger partial charge in [-0.05, 0) is 43.4 Å². The Bertz CT molecular complexity index is 621. The first kappa shape index (κ1) is 16.0. The van der Waals surface area contributed by atoms with Gasteiger partial charge in [0.2, 0.25) is 0 Å². The minimum Gasteiger partial charge on any atom is -0.345 e. The van der Waals surface area contributed by atoms with E-state index >= 15 is 0 Å². The van der Waals surface area contributed by atoms with Crippen LogP contribution in [0.4, 0.5) is 0 Å². The maximum atomic E-state index is 12.3. The molecule has 1 unspecified atom stereocenters. The normalized spacial score (nSPS) is 18.0. The zero-order valence-corrected chi connectivity index (χ0v) is 13.2. The van der Waals surface area contributed by atoms with Crippen molar-refractivity contribution in [3.8, 4) is 0 Å². The lowest BCUT2D eigenvalue weighted by Crippen LogP contribution is -2.53. The van der Waals surface area contributed by atoms with Gasteiger partial charge in [0.15, 0.2) is 9.84 Å². The summed E-state index contributed by atoms with van der Waals surface area (Å²) in [6, 6.07) is 6.65. The molecule has 0 heterocycles. The molecule has 21 heavy (non-hydrogen) atoms. The molecule has 6 heteroatoms. The van der Waals surface area contributed by atoms with Crippen molar-refractivity contribution < 1.29 is 13.2 Å². The molecule has 0 aromatic heterocycles. The van der Waals surface area contributed by atoms with E-state index in [4.69, 9.17) is 5.73 Å². The van der Waals surface area contributed by atoms with Gasteiger partial charge in [0.25, 0.3) is 5.91 Å². The summed E-state index contributed by atoms with van der Waals surface area (Å²) in [6.45, 7) is 2.39. The topological polar surface area (TPSA) is 89.3 Å². The molecule has 0 aliphatic heterocycles. The fourth-order valence-electron chi connectivity index (χ4n) is 2.43. The van der Waals surface area contributed by atoms with Crippen LogP contribution in [0.25, 0.3) is 0 Å². The molecule has 5 nitrogen and oxygen atoms in total. The molecular weight excluding hydrogens is 288 g/mol. The molecule has 1 fully saturated rings. The highest BCUT2D eigenvalue weighted by Gasteiger charge is 2.41. The van der Waals surface area contributed by atoms with Gasteiger partial charge in [-0.15, -0.1) is 0 Å². The fraction of sp³-hybridized carbons (Fsp3) is 0.533. The Hall–Kier alpha value is -1.40. The van der Waals surface area contributed by atoms with Crippen LogP contribution in [0.1, 0.15) is 35.7 Å². The van der Waals surface area contributed by atoms with Crippen LogP contribution in [-0.4, -0.2) is 32.7 Å². The Morgan fingerprint density at radius 2 is 1.90 bits per heavy atom. The third kappa shape index (κ3) is 4.28. The fourth-order valence-corrected chi connectivity index (χ4v) is 3.22. The summed E-state index contributed by atoms with van der Waals surface area (Å²) in [6.07, 6.45) is 3.39. The largest absolute Gasteiger partial charge is 0.345 e. The Kier molecular flexibility index (Phi) is 4.39. The summed E-state index contributed by atoms with van der Waals surface area (Å²) in [5.41, 5.74) is 6.63. The van der Waals surface area contributed by atoms with Crippen molar-refractivity contribution in [3.05, 3.63) is 35.4 Å². The third-order valence-corrected chi connectivity index (χ3v) is 4.80. The number of rotatable bonds is 6. The summed E-state index contributed by atoms with van der Waals surface area (Å²) in [5, 5.41) is 3.01. The van der Waals surface area contributed by atoms with E-state index in [1.165, 1.54) is 6.26 Å². The molecule has 3 N–H and O–H groups in total. The average Bonchev–Trinajstić information content (AvgIpc) is 3.22. The SMILES string of the molecule is CC(CN)(NC(=O)c1ccc(CS(C)(=O)=O)cc1)C1CC1. The maximum absolute atomic E-state index is 12.3. The lowest BCUT2D eigenvalue weighted by Gasteiger charge is -2.29. The summed E-state index contributed by atoms with van der Waals surface area (Å²) < 4.78 is 22.5. The molecule has 1 atom stereocenters. The summed E-state index contributed by atoms with van der Waals surface area (Å²) in [5.74, 6) is 0.272. The Morgan fingerprint density at radius 3 is 2.33 bits per heavy atom. The molecule has 1 aromatic rings. The standard InChI is InChI=1S/C15H22N2O3S/c1-15(10-16,13-7-8-13)17-14(18)12-5-3-11(4-6-12)9-21(2,19)20/h3-6,13H,7-10,16H2,1-2H3,(H,17,18). The van der Waals surface area contributed by atoms with Gasteiger partial charge < -0.3 is 11.1 Å². The predicted molar refractivity (Wildman–Crippen MR) is 82.6 cm³/mol. The van der Waals surface area contributed by atoms with E-state index in [-0.39, 0.29) is 17.2 Å². The van der Waals surface area contributed by atoms with E-state index in [0.717, 1.165) is 12.8 Å². The Labute approximate surface area is 125 Å². The van der Waals surface area contributed by atoms with Gasteiger partial charge in [0, 0.05) is 18.4 Å². The van der Waals surface area contributed by atoms with Gasteiger partial charge in [-0.1, -0.05) is 12.1 Å². The molecule has 116 valence electrons. The number of hydrogen-bond donors (Lipinski definition) is 2. The summed E-state index contributed by atoms with van der Waals surface area (Å²) in [7, 11) is -3.06. The smallest absolute Gasteiger partial charge is 0.251 e. The number of nitrogens with one attached hydrogen (secondary N) is 1. The third-order valence-electron chi connectivity index (χ3n) is 3.95. The van der Waals surface area contributed by atoms with Crippen molar-refractivity contribution in [3.63, 3.8) is 0 Å². The highest BCUT2D eigenvalue weighted by atomic mass is 32.2. The van der Waals surface area contributed by atoms with Crippen molar-refractivity contribution in [1.29, 1.82) is 0 Å². The predicted octanol–water partition coefficient (Wildman–Crippen LogP) is 1.09. The monoisotopic (exact) mass is 310 g/mol. The van der Waals surface area contributed by atoms with Gasteiger partial charge in [-0.2, -0.15) is 0 Å². The highest BCUT2D eigenvalue weighted by Crippen LogP contribution is 2.39. The van der Waals surface area contributed by atoms with Crippen LogP contribution < -0.4 is 11.1 Å². The number of carbonyl (C=O) groups excluding carboxylic acids is 1. The van der Waals surface area contributed by atoms with Crippen LogP contribution in [0.5, 0.6) is 0 Å². The zero-order valence-electron chi connectivity index (χ0n) is 12.4. The van der Waals surface area contributed by atoms with E-state index in [2.05, 4.69) is 5.32 Å². The van der Waals surface area contributed by atoms with Crippen molar-refractivity contribution in [2.45, 2.75) is 31.1 Å². The Morgan fingerprint density at radius 1 is 1.33 bits per heavy atom. The number of sulfone groups is 1. The molecule has 0 spiro atoms. The molecule has 0 bridgehead atoms. The van der Waals surface area contributed by atoms with Gasteiger partial charge in [0.1, 0.15) is 0 Å². The van der Waals surface area contributed by atoms with Crippen LogP contribution in [0.2, 0.25) is 0 Å². The van der Waals surface area contributed by atoms with Crippen LogP contribution in [-0.2, 0) is 15.6 Å². The van der Waals surface area contributed by atoms with Crippen molar-refractivity contribution in [1.82, 2.24) is 5.32 Å². The van der Waals surface area contributed by atoms with Crippen molar-refractivity contribution >= 4 is 15.7 Å². The van der Waals surface area contributed by atoms with Crippen molar-refractivity contribution in [2.24, 2.45) is 11.7 Å². The highest BCUT2D eigenvalue weighted by molar-refractivity contribution is 7.89. The second-order valence-corrected chi connectivity index (χ2v) is 8.26. The lowest BCUT2D eigenvalue weighted by molar-refractivity contribution is 0.0898. The first-order chi connectivity index (χ1) is 9.73. The molecule has 2 rings (SSSR count). The number of hydrogen-bond acceptors (Lipinski definition) is 4. The molecule has 0 saturated heterocycles. The maximum Gasteiger partial charge on any atom is 0.251 e. The molecule has 1 amide bonds. The van der Waals surface area contributed by atoms with Crippen LogP contribution in [0.15, 0.2) is 24.3 Å². The number of benzene rings is 1. The first-order valence-electron chi connectivity index (χ1n) is 7.03. The van der Waals surface area contributed by atoms with Gasteiger partial charge in [0.05, 0.1) is 11.3 Å². The van der Waals surface area contributed by atoms with Crippen LogP contribution >= 0.6 is 0 Å². The number of carbonyl (C=O) groups is 1. The van der Waals surface area contributed by atoms with Gasteiger partial charge >= 0.3 is 0 Å². The number of nitrogens with two attached hydrogens (primary N) is 1. The van der Waals surface area contributed by atoms with E-state index in [0.29, 0.717) is 23.6 Å². The van der Waals surface area contributed by atoms with Gasteiger partial charge in [-0.3, -0.25) is 4.79 Å². The second-order valence-electron chi connectivity index (χ2n) is 6.12. The van der Waals surface area contributed by atoms with E-state index in [9.17, 15) is 13.2 Å². The van der Waals surface area contributed by atoms with Crippen molar-refractivity contribution in [2.75, 3.05) is 12.8 Å². The lowest BCUT2D eigenvalue weighted by atomic mass is 9.95. The summed E-state index contributed by atoms with van der Waals surface area (Å²) >= 11 is 0. The van der Waals surface area contributed by atoms with Gasteiger partial charge in [-0.25, -0.2) is 8.42 Å². The minimum atomic E-state index is -3.06. The van der Waals surface area contributed by atoms with Crippen LogP contribution in [0.3, 0.4) is 0 Å². The molecule has 1 saturated carbocycles.